The lowest BCUT2D eigenvalue weighted by Crippen LogP contribution is -2.39. The largest absolute Gasteiger partial charge is 0.480 e. The standard InChI is InChI=1S/C16H29N3O2/c1-2-3-4-5-6-7-8-9-10-18-15(16(20)21)11-14-12-17-13-19-14/h12-13,15,18H,2-11H2,1H3,(H,17,19)(H,20,21)/t15-/m0/s1. The number of imidazole rings is 1. The van der Waals surface area contributed by atoms with Crippen molar-refractivity contribution in [3.8, 4) is 0 Å². The van der Waals surface area contributed by atoms with Crippen molar-refractivity contribution in [2.24, 2.45) is 0 Å². The van der Waals surface area contributed by atoms with Gasteiger partial charge in [-0.3, -0.25) is 4.79 Å². The number of hydrogen-bond acceptors (Lipinski definition) is 3. The zero-order valence-electron chi connectivity index (χ0n) is 13.1. The minimum atomic E-state index is -0.802. The number of nitrogens with one attached hydrogen (secondary N) is 2. The van der Waals surface area contributed by atoms with Crippen LogP contribution in [0.4, 0.5) is 0 Å². The summed E-state index contributed by atoms with van der Waals surface area (Å²) < 4.78 is 0. The first-order valence-corrected chi connectivity index (χ1v) is 8.17. The summed E-state index contributed by atoms with van der Waals surface area (Å²) in [7, 11) is 0. The van der Waals surface area contributed by atoms with Crippen molar-refractivity contribution in [3.05, 3.63) is 18.2 Å². The first-order chi connectivity index (χ1) is 10.2. The van der Waals surface area contributed by atoms with Crippen LogP contribution in [-0.2, 0) is 11.2 Å². The lowest BCUT2D eigenvalue weighted by atomic mass is 10.1. The van der Waals surface area contributed by atoms with Crippen LogP contribution in [0.1, 0.15) is 64.0 Å². The zero-order chi connectivity index (χ0) is 15.3. The third-order valence-corrected chi connectivity index (χ3v) is 3.70. The molecule has 0 saturated carbocycles. The number of aliphatic carboxylic acids is 1. The Morgan fingerprint density at radius 2 is 1.90 bits per heavy atom. The number of rotatable bonds is 13. The minimum absolute atomic E-state index is 0.451. The van der Waals surface area contributed by atoms with Gasteiger partial charge < -0.3 is 15.4 Å². The summed E-state index contributed by atoms with van der Waals surface area (Å²) in [4.78, 5) is 18.0. The molecule has 1 rings (SSSR count). The van der Waals surface area contributed by atoms with Gasteiger partial charge in [0.15, 0.2) is 0 Å². The quantitative estimate of drug-likeness (QED) is 0.489. The molecule has 1 heterocycles. The topological polar surface area (TPSA) is 78.0 Å². The number of nitrogens with zero attached hydrogens (tertiary/aromatic N) is 1. The van der Waals surface area contributed by atoms with Crippen LogP contribution in [0.3, 0.4) is 0 Å². The van der Waals surface area contributed by atoms with Crippen molar-refractivity contribution in [2.45, 2.75) is 70.8 Å². The monoisotopic (exact) mass is 295 g/mol. The maximum atomic E-state index is 11.2. The minimum Gasteiger partial charge on any atom is -0.480 e. The molecule has 120 valence electrons. The highest BCUT2D eigenvalue weighted by Gasteiger charge is 2.17. The van der Waals surface area contributed by atoms with Crippen molar-refractivity contribution >= 4 is 5.97 Å². The average Bonchev–Trinajstić information content (AvgIpc) is 2.97. The van der Waals surface area contributed by atoms with Gasteiger partial charge in [0.1, 0.15) is 6.04 Å². The molecule has 5 heteroatoms. The molecular weight excluding hydrogens is 266 g/mol. The number of carboxylic acids is 1. The molecule has 1 aromatic heterocycles. The van der Waals surface area contributed by atoms with Gasteiger partial charge in [0.2, 0.25) is 0 Å². The molecule has 0 bridgehead atoms. The lowest BCUT2D eigenvalue weighted by Gasteiger charge is -2.13. The summed E-state index contributed by atoms with van der Waals surface area (Å²) in [5.41, 5.74) is 0.853. The van der Waals surface area contributed by atoms with Crippen molar-refractivity contribution in [1.82, 2.24) is 15.3 Å². The maximum Gasteiger partial charge on any atom is 0.321 e. The molecule has 3 N–H and O–H groups in total. The van der Waals surface area contributed by atoms with E-state index in [4.69, 9.17) is 0 Å². The van der Waals surface area contributed by atoms with Crippen molar-refractivity contribution in [2.75, 3.05) is 6.54 Å². The summed E-state index contributed by atoms with van der Waals surface area (Å²) in [6, 6.07) is -0.532. The van der Waals surface area contributed by atoms with Gasteiger partial charge in [-0.25, -0.2) is 4.98 Å². The average molecular weight is 295 g/mol. The Bertz CT molecular complexity index is 366. The molecule has 21 heavy (non-hydrogen) atoms. The molecular formula is C16H29N3O2. The van der Waals surface area contributed by atoms with Crippen LogP contribution >= 0.6 is 0 Å². The molecule has 0 aromatic carbocycles. The molecule has 0 aliphatic carbocycles. The number of aromatic nitrogens is 2. The molecule has 5 nitrogen and oxygen atoms in total. The fourth-order valence-corrected chi connectivity index (χ4v) is 2.40. The van der Waals surface area contributed by atoms with E-state index in [1.54, 1.807) is 12.5 Å². The van der Waals surface area contributed by atoms with E-state index in [2.05, 4.69) is 22.2 Å². The van der Waals surface area contributed by atoms with E-state index in [-0.39, 0.29) is 0 Å². The number of hydrogen-bond donors (Lipinski definition) is 3. The van der Waals surface area contributed by atoms with E-state index in [1.807, 2.05) is 0 Å². The maximum absolute atomic E-state index is 11.2. The van der Waals surface area contributed by atoms with Crippen molar-refractivity contribution in [1.29, 1.82) is 0 Å². The van der Waals surface area contributed by atoms with Crippen LogP contribution < -0.4 is 5.32 Å². The SMILES string of the molecule is CCCCCCCCCCN[C@@H](Cc1cnc[nH]1)C(=O)O. The molecule has 0 fully saturated rings. The first kappa shape index (κ1) is 17.7. The zero-order valence-corrected chi connectivity index (χ0v) is 13.1. The number of unbranched alkanes of at least 4 members (excludes halogenated alkanes) is 7. The number of aromatic amines is 1. The second kappa shape index (κ2) is 11.3. The van der Waals surface area contributed by atoms with Gasteiger partial charge in [0.05, 0.1) is 6.33 Å². The van der Waals surface area contributed by atoms with Crippen LogP contribution in [0.2, 0.25) is 0 Å². The highest BCUT2D eigenvalue weighted by molar-refractivity contribution is 5.73. The molecule has 0 unspecified atom stereocenters. The van der Waals surface area contributed by atoms with E-state index in [0.29, 0.717) is 6.42 Å². The predicted molar refractivity (Wildman–Crippen MR) is 84.3 cm³/mol. The summed E-state index contributed by atoms with van der Waals surface area (Å²) in [5.74, 6) is -0.802. The van der Waals surface area contributed by atoms with Crippen LogP contribution in [0, 0.1) is 0 Å². The highest BCUT2D eigenvalue weighted by atomic mass is 16.4. The molecule has 0 saturated heterocycles. The molecule has 0 aliphatic rings. The van der Waals surface area contributed by atoms with Gasteiger partial charge in [-0.15, -0.1) is 0 Å². The van der Waals surface area contributed by atoms with Gasteiger partial charge in [-0.2, -0.15) is 0 Å². The molecule has 0 amide bonds. The number of H-pyrrole nitrogens is 1. The van der Waals surface area contributed by atoms with Gasteiger partial charge in [0.25, 0.3) is 0 Å². The first-order valence-electron chi connectivity index (χ1n) is 8.17. The van der Waals surface area contributed by atoms with Gasteiger partial charge in [-0.05, 0) is 13.0 Å². The third kappa shape index (κ3) is 8.50. The Labute approximate surface area is 127 Å². The van der Waals surface area contributed by atoms with E-state index >= 15 is 0 Å². The van der Waals surface area contributed by atoms with E-state index in [0.717, 1.165) is 18.7 Å². The normalized spacial score (nSPS) is 12.4. The molecule has 0 radical (unpaired) electrons. The highest BCUT2D eigenvalue weighted by Crippen LogP contribution is 2.08. The van der Waals surface area contributed by atoms with Crippen molar-refractivity contribution < 1.29 is 9.90 Å². The molecule has 0 aliphatic heterocycles. The number of carbonyl (C=O) groups is 1. The van der Waals surface area contributed by atoms with Gasteiger partial charge in [-0.1, -0.05) is 51.9 Å². The smallest absolute Gasteiger partial charge is 0.321 e. The van der Waals surface area contributed by atoms with Crippen LogP contribution in [-0.4, -0.2) is 33.6 Å². The fraction of sp³-hybridized carbons (Fsp3) is 0.750. The Morgan fingerprint density at radius 1 is 1.24 bits per heavy atom. The Hall–Kier alpha value is -1.36. The van der Waals surface area contributed by atoms with E-state index in [9.17, 15) is 9.90 Å². The summed E-state index contributed by atoms with van der Waals surface area (Å²) in [5, 5.41) is 12.3. The van der Waals surface area contributed by atoms with E-state index < -0.39 is 12.0 Å². The Morgan fingerprint density at radius 3 is 2.48 bits per heavy atom. The fourth-order valence-electron chi connectivity index (χ4n) is 2.40. The predicted octanol–water partition coefficient (Wildman–Crippen LogP) is 3.14. The van der Waals surface area contributed by atoms with Gasteiger partial charge >= 0.3 is 5.97 Å². The third-order valence-electron chi connectivity index (χ3n) is 3.70. The van der Waals surface area contributed by atoms with Gasteiger partial charge in [0, 0.05) is 18.3 Å². The second-order valence-corrected chi connectivity index (χ2v) is 5.60. The van der Waals surface area contributed by atoms with Crippen molar-refractivity contribution in [3.63, 3.8) is 0 Å². The number of carboxylic acid groups (broad SMARTS) is 1. The summed E-state index contributed by atoms with van der Waals surface area (Å²) >= 11 is 0. The molecule has 1 aromatic rings. The van der Waals surface area contributed by atoms with E-state index in [1.165, 1.54) is 44.9 Å². The van der Waals surface area contributed by atoms with Crippen LogP contribution in [0.25, 0.3) is 0 Å². The Balaban J connectivity index is 2.04. The summed E-state index contributed by atoms with van der Waals surface area (Å²) in [6.07, 6.45) is 13.8. The summed E-state index contributed by atoms with van der Waals surface area (Å²) in [6.45, 7) is 2.99. The second-order valence-electron chi connectivity index (χ2n) is 5.60. The van der Waals surface area contributed by atoms with Crippen LogP contribution in [0.5, 0.6) is 0 Å². The lowest BCUT2D eigenvalue weighted by molar-refractivity contribution is -0.139. The van der Waals surface area contributed by atoms with Crippen LogP contribution in [0.15, 0.2) is 12.5 Å². The Kier molecular flexibility index (Phi) is 9.53. The molecule has 1 atom stereocenters. The molecule has 0 spiro atoms.